The van der Waals surface area contributed by atoms with Crippen LogP contribution in [-0.2, 0) is 10.2 Å². The molecule has 1 aromatic carbocycles. The van der Waals surface area contributed by atoms with Crippen molar-refractivity contribution in [1.29, 1.82) is 0 Å². The van der Waals surface area contributed by atoms with Gasteiger partial charge < -0.3 is 10.6 Å². The predicted octanol–water partition coefficient (Wildman–Crippen LogP) is 4.66. The second kappa shape index (κ2) is 9.54. The molecule has 32 heavy (non-hydrogen) atoms. The number of amides is 1. The molecule has 4 rings (SSSR count). The molecule has 1 aliphatic heterocycles. The van der Waals surface area contributed by atoms with E-state index in [4.69, 9.17) is 23.2 Å². The molecule has 176 valence electrons. The zero-order valence-corrected chi connectivity index (χ0v) is 20.9. The van der Waals surface area contributed by atoms with Gasteiger partial charge in [0.15, 0.2) is 0 Å². The molecule has 1 amide bonds. The minimum Gasteiger partial charge on any atom is -0.360 e. The number of halogens is 2. The van der Waals surface area contributed by atoms with Gasteiger partial charge in [-0.2, -0.15) is 0 Å². The Morgan fingerprint density at radius 3 is 2.38 bits per heavy atom. The number of hydrogen-bond acceptors (Lipinski definition) is 4. The highest BCUT2D eigenvalue weighted by Gasteiger charge is 2.40. The summed E-state index contributed by atoms with van der Waals surface area (Å²) in [6.07, 6.45) is 5.94. The Bertz CT molecular complexity index is 840. The maximum absolute atomic E-state index is 13.1. The first kappa shape index (κ1) is 23.9. The van der Waals surface area contributed by atoms with Crippen LogP contribution >= 0.6 is 23.2 Å². The maximum Gasteiger partial charge on any atom is 0.231 e. The summed E-state index contributed by atoms with van der Waals surface area (Å²) in [6.45, 7) is 8.71. The van der Waals surface area contributed by atoms with Crippen molar-refractivity contribution in [2.75, 3.05) is 5.32 Å². The van der Waals surface area contributed by atoms with Crippen LogP contribution in [0.3, 0.4) is 0 Å². The summed E-state index contributed by atoms with van der Waals surface area (Å²) in [7, 11) is 0. The van der Waals surface area contributed by atoms with E-state index in [0.29, 0.717) is 0 Å². The summed E-state index contributed by atoms with van der Waals surface area (Å²) in [6, 6.07) is 8.44. The van der Waals surface area contributed by atoms with E-state index in [1.807, 2.05) is 12.1 Å². The predicted molar refractivity (Wildman–Crippen MR) is 133 cm³/mol. The van der Waals surface area contributed by atoms with Crippen LogP contribution in [0.15, 0.2) is 36.0 Å². The highest BCUT2D eigenvalue weighted by atomic mass is 35.5. The minimum atomic E-state index is -0.173. The molecule has 6 unspecified atom stereocenters. The maximum atomic E-state index is 13.1. The molecule has 2 fully saturated rings. The van der Waals surface area contributed by atoms with E-state index in [2.05, 4.69) is 67.2 Å². The number of hydrogen-bond donors (Lipinski definition) is 4. The Labute approximate surface area is 202 Å². The van der Waals surface area contributed by atoms with Crippen LogP contribution < -0.4 is 21.3 Å². The minimum absolute atomic E-state index is 0.0357. The summed E-state index contributed by atoms with van der Waals surface area (Å²) >= 11 is 13.1. The number of carbonyl (C=O) groups is 1. The Morgan fingerprint density at radius 1 is 1.09 bits per heavy atom. The fourth-order valence-electron chi connectivity index (χ4n) is 5.03. The quantitative estimate of drug-likeness (QED) is 0.475. The zero-order valence-electron chi connectivity index (χ0n) is 19.4. The Morgan fingerprint density at radius 2 is 1.75 bits per heavy atom. The molecule has 1 saturated heterocycles. The molecule has 1 saturated carbocycles. The third kappa shape index (κ3) is 5.27. The molecule has 3 aliphatic rings. The van der Waals surface area contributed by atoms with Gasteiger partial charge in [-0.05, 0) is 48.3 Å². The van der Waals surface area contributed by atoms with Crippen molar-refractivity contribution in [3.8, 4) is 0 Å². The Hall–Kier alpha value is -1.27. The van der Waals surface area contributed by atoms with Gasteiger partial charge in [-0.3, -0.25) is 15.4 Å². The van der Waals surface area contributed by atoms with Crippen molar-refractivity contribution in [3.63, 3.8) is 0 Å². The molecule has 1 aromatic rings. The second-order valence-electron chi connectivity index (χ2n) is 10.6. The van der Waals surface area contributed by atoms with Crippen molar-refractivity contribution >= 4 is 34.8 Å². The van der Waals surface area contributed by atoms with E-state index in [-0.39, 0.29) is 52.3 Å². The molecule has 2 aliphatic carbocycles. The number of anilines is 1. The molecule has 0 aromatic heterocycles. The van der Waals surface area contributed by atoms with Gasteiger partial charge in [-0.15, -0.1) is 23.2 Å². The summed E-state index contributed by atoms with van der Waals surface area (Å²) in [5, 5.41) is 13.9. The number of carbonyl (C=O) groups excluding carboxylic acids is 1. The van der Waals surface area contributed by atoms with Crippen LogP contribution in [0, 0.1) is 11.8 Å². The fourth-order valence-corrected chi connectivity index (χ4v) is 5.91. The van der Waals surface area contributed by atoms with Crippen LogP contribution in [0.4, 0.5) is 5.69 Å². The largest absolute Gasteiger partial charge is 0.360 e. The number of alkyl halides is 2. The van der Waals surface area contributed by atoms with Crippen LogP contribution in [0.5, 0.6) is 0 Å². The lowest BCUT2D eigenvalue weighted by atomic mass is 9.81. The second-order valence-corrected chi connectivity index (χ2v) is 11.8. The highest BCUT2D eigenvalue weighted by molar-refractivity contribution is 6.24. The SMILES string of the molecule is CC1CC2NC(NC3C(Cl)CCCC3Cl)NC2=CC1C(=O)Nc1ccc(C(C)(C)C)cc1. The lowest BCUT2D eigenvalue weighted by molar-refractivity contribution is -0.120. The molecule has 0 bridgehead atoms. The monoisotopic (exact) mass is 478 g/mol. The topological polar surface area (TPSA) is 65.2 Å². The standard InChI is InChI=1S/C25H36Cl2N4O/c1-14-12-20-21(30-24(29-20)31-22-18(26)6-5-7-19(22)27)13-17(14)23(32)28-16-10-8-15(9-11-16)25(2,3)4/h8-11,13-14,17-20,22,24,29-31H,5-7,12H2,1-4H3,(H,28,32). The molecule has 7 heteroatoms. The summed E-state index contributed by atoms with van der Waals surface area (Å²) < 4.78 is 0. The molecule has 6 atom stereocenters. The van der Waals surface area contributed by atoms with Crippen LogP contribution in [0.2, 0.25) is 0 Å². The van der Waals surface area contributed by atoms with Gasteiger partial charge in [0, 0.05) is 23.5 Å². The summed E-state index contributed by atoms with van der Waals surface area (Å²) in [5.74, 6) is 0.105. The van der Waals surface area contributed by atoms with Gasteiger partial charge in [0.05, 0.1) is 16.7 Å². The van der Waals surface area contributed by atoms with Crippen molar-refractivity contribution in [2.24, 2.45) is 11.8 Å². The lowest BCUT2D eigenvalue weighted by Crippen LogP contribution is -2.57. The van der Waals surface area contributed by atoms with Gasteiger partial charge in [0.25, 0.3) is 0 Å². The highest BCUT2D eigenvalue weighted by Crippen LogP contribution is 2.33. The molecule has 1 heterocycles. The smallest absolute Gasteiger partial charge is 0.231 e. The number of fused-ring (bicyclic) bond motifs is 1. The average Bonchev–Trinajstić information content (AvgIpc) is 3.11. The molecule has 0 radical (unpaired) electrons. The fraction of sp³-hybridized carbons (Fsp3) is 0.640. The van der Waals surface area contributed by atoms with Crippen molar-refractivity contribution < 1.29 is 4.79 Å². The third-order valence-corrected chi connectivity index (χ3v) is 8.03. The number of benzene rings is 1. The van der Waals surface area contributed by atoms with Crippen LogP contribution in [0.1, 0.15) is 58.9 Å². The number of rotatable bonds is 4. The van der Waals surface area contributed by atoms with Gasteiger partial charge in [-0.1, -0.05) is 52.3 Å². The van der Waals surface area contributed by atoms with Crippen molar-refractivity contribution in [3.05, 3.63) is 41.6 Å². The van der Waals surface area contributed by atoms with Gasteiger partial charge in [0.2, 0.25) is 5.91 Å². The Kier molecular flexibility index (Phi) is 7.11. The first-order valence-electron chi connectivity index (χ1n) is 11.8. The molecular weight excluding hydrogens is 443 g/mol. The number of nitrogens with one attached hydrogen (secondary N) is 4. The van der Waals surface area contributed by atoms with Crippen LogP contribution in [-0.4, -0.2) is 35.0 Å². The van der Waals surface area contributed by atoms with Crippen LogP contribution in [0.25, 0.3) is 0 Å². The molecular formula is C25H36Cl2N4O. The third-order valence-electron chi connectivity index (χ3n) is 7.05. The molecule has 4 N–H and O–H groups in total. The summed E-state index contributed by atoms with van der Waals surface area (Å²) in [5.41, 5.74) is 3.27. The normalized spacial score (nSPS) is 34.9. The lowest BCUT2D eigenvalue weighted by Gasteiger charge is -2.34. The average molecular weight is 479 g/mol. The summed E-state index contributed by atoms with van der Waals surface area (Å²) in [4.78, 5) is 13.1. The molecule has 5 nitrogen and oxygen atoms in total. The Balaban J connectivity index is 1.39. The van der Waals surface area contributed by atoms with E-state index < -0.39 is 0 Å². The first-order chi connectivity index (χ1) is 15.1. The van der Waals surface area contributed by atoms with Gasteiger partial charge >= 0.3 is 0 Å². The zero-order chi connectivity index (χ0) is 23.0. The van der Waals surface area contributed by atoms with Crippen molar-refractivity contribution in [1.82, 2.24) is 16.0 Å². The van der Waals surface area contributed by atoms with E-state index >= 15 is 0 Å². The van der Waals surface area contributed by atoms with E-state index in [1.165, 1.54) is 5.56 Å². The van der Waals surface area contributed by atoms with E-state index in [1.54, 1.807) is 0 Å². The van der Waals surface area contributed by atoms with Crippen molar-refractivity contribution in [2.45, 2.75) is 87.9 Å². The van der Waals surface area contributed by atoms with E-state index in [0.717, 1.165) is 37.1 Å². The van der Waals surface area contributed by atoms with Gasteiger partial charge in [-0.25, -0.2) is 0 Å². The van der Waals surface area contributed by atoms with E-state index in [9.17, 15) is 4.79 Å². The first-order valence-corrected chi connectivity index (χ1v) is 12.7. The van der Waals surface area contributed by atoms with Gasteiger partial charge in [0.1, 0.15) is 6.29 Å². The molecule has 0 spiro atoms.